The van der Waals surface area contributed by atoms with Crippen molar-refractivity contribution in [2.45, 2.75) is 270 Å². The van der Waals surface area contributed by atoms with Gasteiger partial charge >= 0.3 is 0 Å². The number of nitrogens with zero attached hydrogens (tertiary/aromatic N) is 7. The van der Waals surface area contributed by atoms with Crippen LogP contribution >= 0.6 is 0 Å². The fourth-order valence-electron chi connectivity index (χ4n) is 16.3. The van der Waals surface area contributed by atoms with Crippen LogP contribution in [-0.4, -0.2) is 396 Å². The van der Waals surface area contributed by atoms with E-state index in [1.54, 1.807) is 0 Å². The van der Waals surface area contributed by atoms with Gasteiger partial charge in [0, 0.05) is 105 Å². The molecular weight excluding hydrogens is 1530 g/mol. The molecule has 4 aliphatic heterocycles. The lowest BCUT2D eigenvalue weighted by Crippen LogP contribution is -2.34. The third kappa shape index (κ3) is 79.7. The quantitative estimate of drug-likeness (QED) is 0.0567. The Morgan fingerprint density at radius 2 is 0.240 bits per heavy atom. The predicted octanol–water partition coefficient (Wildman–Crippen LogP) is 15.0. The number of unbranched alkanes of at least 4 members (excludes halogenated alkanes) is 37. The van der Waals surface area contributed by atoms with Crippen LogP contribution in [0, 0.1) is 0 Å². The van der Waals surface area contributed by atoms with Crippen molar-refractivity contribution in [3.63, 3.8) is 0 Å². The van der Waals surface area contributed by atoms with Crippen LogP contribution in [0.1, 0.15) is 270 Å². The Bertz CT molecular complexity index is 1910. The minimum atomic E-state index is 0.645. The molecule has 0 amide bonds. The molecule has 1 N–H and O–H groups in total. The maximum absolute atomic E-state index is 6.10. The van der Waals surface area contributed by atoms with Gasteiger partial charge in [0.2, 0.25) is 0 Å². The number of hydrogen-bond donors (Lipinski definition) is 1. The summed E-state index contributed by atoms with van der Waals surface area (Å²) in [7, 11) is 0. The first-order valence-corrected chi connectivity index (χ1v) is 51.3. The zero-order valence-corrected chi connectivity index (χ0v) is 79.0. The third-order valence-corrected chi connectivity index (χ3v) is 24.2. The van der Waals surface area contributed by atoms with Gasteiger partial charge in [-0.2, -0.15) is 0 Å². The zero-order chi connectivity index (χ0) is 84.9. The van der Waals surface area contributed by atoms with Crippen molar-refractivity contribution in [2.24, 2.45) is 0 Å². The minimum absolute atomic E-state index is 0.645. The molecule has 4 saturated heterocycles. The molecule has 0 aromatic carbocycles. The average Bonchev–Trinajstić information content (AvgIpc) is 0.999. The molecule has 24 heteroatoms. The van der Waals surface area contributed by atoms with E-state index in [-0.39, 0.29) is 0 Å². The molecule has 121 heavy (non-hydrogen) atoms. The summed E-state index contributed by atoms with van der Waals surface area (Å²) < 4.78 is 96.1. The number of rotatable bonds is 51. The lowest BCUT2D eigenvalue weighted by atomic mass is 10.1. The molecule has 4 aliphatic rings. The molecule has 0 radical (unpaired) electrons. The summed E-state index contributed by atoms with van der Waals surface area (Å²) in [4.78, 5) is 17.7. The second kappa shape index (κ2) is 93.7. The fourth-order valence-corrected chi connectivity index (χ4v) is 16.3. The van der Waals surface area contributed by atoms with Crippen LogP contribution in [0.15, 0.2) is 0 Å². The van der Waals surface area contributed by atoms with E-state index < -0.39 is 0 Å². The number of nitrogens with one attached hydrogen (secondary N) is 1. The van der Waals surface area contributed by atoms with Gasteiger partial charge in [-0.1, -0.05) is 225 Å². The molecular formula is C97H196N8O16. The van der Waals surface area contributed by atoms with Crippen molar-refractivity contribution in [3.8, 4) is 0 Å². The van der Waals surface area contributed by atoms with Gasteiger partial charge in [-0.25, -0.2) is 0 Å². The summed E-state index contributed by atoms with van der Waals surface area (Å²) in [5.74, 6) is 0. The van der Waals surface area contributed by atoms with Gasteiger partial charge in [0.05, 0.1) is 211 Å². The first kappa shape index (κ1) is 112. The molecule has 0 spiro atoms. The summed E-state index contributed by atoms with van der Waals surface area (Å²) in [5.41, 5.74) is 0. The van der Waals surface area contributed by atoms with Crippen LogP contribution in [-0.2, 0) is 75.8 Å². The van der Waals surface area contributed by atoms with Crippen LogP contribution in [0.2, 0.25) is 0 Å². The number of hydrogen-bond acceptors (Lipinski definition) is 24. The van der Waals surface area contributed by atoms with E-state index in [0.29, 0.717) is 119 Å². The molecule has 24 nitrogen and oxygen atoms in total. The van der Waals surface area contributed by atoms with Crippen LogP contribution in [0.3, 0.4) is 0 Å². The molecule has 720 valence electrons. The molecule has 0 bridgehead atoms. The normalized spacial score (nSPS) is 20.8. The standard InChI is InChI=1S/C97H196N8O16/c1-2-3-4-5-6-7-8-15-22-29-36-46-100-54-70-110-86-88-112-72-56-102(57-73-113-89-87-111-71-55-100)48-39-32-25-18-11-12-19-26-33-40-50-104-62-78-118-94-96-120-80-64-105(65-81-121-97-95-119-79-63-104)51-42-35-28-21-14-13-20-27-34-41-49-103-60-76-116-92-90-114-74-58-101(59-75-115-91-93-117-77-61-103)47-38-31-24-17-10-9-16-23-30-37-45-99-52-68-108-84-82-106-66-43-98-44-67-107-83-85-109-69-53-99/h98H,2-97H2,1H3. The molecule has 4 fully saturated rings. The Morgan fingerprint density at radius 3 is 0.364 bits per heavy atom. The van der Waals surface area contributed by atoms with Gasteiger partial charge < -0.3 is 81.1 Å². The molecule has 0 aromatic heterocycles. The van der Waals surface area contributed by atoms with Crippen molar-refractivity contribution >= 4 is 0 Å². The Kier molecular flexibility index (Phi) is 87.0. The van der Waals surface area contributed by atoms with E-state index in [0.717, 1.165) is 243 Å². The Labute approximate surface area is 743 Å². The molecule has 0 atom stereocenters. The van der Waals surface area contributed by atoms with Crippen LogP contribution in [0.25, 0.3) is 0 Å². The van der Waals surface area contributed by atoms with Gasteiger partial charge in [0.25, 0.3) is 0 Å². The summed E-state index contributed by atoms with van der Waals surface area (Å²) in [6, 6.07) is 0. The maximum atomic E-state index is 6.10. The SMILES string of the molecule is CCCCCCCCCCCCCN1CCOCCOCCN(CCCCCCCCCCCCN2CCOCCOCCN(CCCCCCCCCCCCN3CCOCCOCCN(CCCCCCCCCCCCN4CCOCCOCCNCCOCCOCC4)CCOCCOCC3)CCOCCOCC2)CCOCCOCC1. The first-order chi connectivity index (χ1) is 60.3. The zero-order valence-electron chi connectivity index (χ0n) is 79.0. The molecule has 0 aliphatic carbocycles. The molecule has 0 unspecified atom stereocenters. The second-order valence-corrected chi connectivity index (χ2v) is 34.6. The third-order valence-electron chi connectivity index (χ3n) is 24.2. The van der Waals surface area contributed by atoms with Crippen molar-refractivity contribution < 1.29 is 75.8 Å². The van der Waals surface area contributed by atoms with Gasteiger partial charge in [0.15, 0.2) is 0 Å². The Morgan fingerprint density at radius 1 is 0.132 bits per heavy atom. The summed E-state index contributed by atoms with van der Waals surface area (Å²) in [6.07, 6.45) is 54.3. The predicted molar refractivity (Wildman–Crippen MR) is 496 cm³/mol. The van der Waals surface area contributed by atoms with Gasteiger partial charge in [-0.3, -0.25) is 34.3 Å². The van der Waals surface area contributed by atoms with Gasteiger partial charge in [0.1, 0.15) is 0 Å². The van der Waals surface area contributed by atoms with E-state index in [2.05, 4.69) is 46.5 Å². The summed E-state index contributed by atoms with van der Waals surface area (Å²) >= 11 is 0. The van der Waals surface area contributed by atoms with Crippen molar-refractivity contribution in [1.82, 2.24) is 39.6 Å². The Hall–Kier alpha value is -0.960. The molecule has 4 heterocycles. The molecule has 0 saturated carbocycles. The highest BCUT2D eigenvalue weighted by Crippen LogP contribution is 2.18. The molecule has 0 aromatic rings. The topological polar surface area (TPSA) is 182 Å². The Balaban J connectivity index is 0.900. The number of ether oxygens (including phenoxy) is 16. The van der Waals surface area contributed by atoms with Crippen LogP contribution < -0.4 is 5.32 Å². The van der Waals surface area contributed by atoms with Crippen LogP contribution in [0.4, 0.5) is 0 Å². The minimum Gasteiger partial charge on any atom is -0.378 e. The smallest absolute Gasteiger partial charge is 0.0701 e. The summed E-state index contributed by atoms with van der Waals surface area (Å²) in [6.45, 7) is 47.1. The van der Waals surface area contributed by atoms with E-state index in [1.165, 1.54) is 263 Å². The lowest BCUT2D eigenvalue weighted by molar-refractivity contribution is 0.00776. The van der Waals surface area contributed by atoms with Crippen molar-refractivity contribution in [1.29, 1.82) is 0 Å². The van der Waals surface area contributed by atoms with Crippen molar-refractivity contribution in [3.05, 3.63) is 0 Å². The second-order valence-electron chi connectivity index (χ2n) is 34.6. The largest absolute Gasteiger partial charge is 0.378 e. The highest BCUT2D eigenvalue weighted by molar-refractivity contribution is 4.68. The fraction of sp³-hybridized carbons (Fsp3) is 1.00. The lowest BCUT2D eigenvalue weighted by Gasteiger charge is -2.23. The van der Waals surface area contributed by atoms with Crippen LogP contribution in [0.5, 0.6) is 0 Å². The van der Waals surface area contributed by atoms with Gasteiger partial charge in [-0.15, -0.1) is 0 Å². The van der Waals surface area contributed by atoms with E-state index in [9.17, 15) is 0 Å². The average molecular weight is 1730 g/mol. The van der Waals surface area contributed by atoms with Gasteiger partial charge in [-0.05, 0) is 90.8 Å². The van der Waals surface area contributed by atoms with E-state index in [4.69, 9.17) is 75.8 Å². The maximum Gasteiger partial charge on any atom is 0.0701 e. The molecule has 4 rings (SSSR count). The summed E-state index contributed by atoms with van der Waals surface area (Å²) in [5, 5.41) is 3.33. The highest BCUT2D eigenvalue weighted by atomic mass is 16.6. The van der Waals surface area contributed by atoms with E-state index >= 15 is 0 Å². The van der Waals surface area contributed by atoms with Crippen molar-refractivity contribution in [2.75, 3.05) is 362 Å². The monoisotopic (exact) mass is 1730 g/mol. The first-order valence-electron chi connectivity index (χ1n) is 51.3. The highest BCUT2D eigenvalue weighted by Gasteiger charge is 2.15. The van der Waals surface area contributed by atoms with E-state index in [1.807, 2.05) is 0 Å².